The molecule has 0 atom stereocenters. The summed E-state index contributed by atoms with van der Waals surface area (Å²) in [5.74, 6) is 0.869. The Bertz CT molecular complexity index is 1100. The van der Waals surface area contributed by atoms with Crippen molar-refractivity contribution in [2.75, 3.05) is 0 Å². The van der Waals surface area contributed by atoms with E-state index in [1.54, 1.807) is 42.5 Å². The molecule has 160 valence electrons. The number of phenols is 1. The highest BCUT2D eigenvalue weighted by molar-refractivity contribution is 7.94. The quantitative estimate of drug-likeness (QED) is 0.0987. The van der Waals surface area contributed by atoms with Crippen LogP contribution in [0.2, 0.25) is 0 Å². The molecule has 0 aromatic heterocycles. The van der Waals surface area contributed by atoms with Gasteiger partial charge >= 0.3 is 0 Å². The number of aliphatic imine (C=N–C) groups is 1. The maximum absolute atomic E-state index is 9.51. The van der Waals surface area contributed by atoms with Crippen molar-refractivity contribution in [3.63, 3.8) is 0 Å². The fourth-order valence-electron chi connectivity index (χ4n) is 2.65. The van der Waals surface area contributed by atoms with Gasteiger partial charge < -0.3 is 9.84 Å². The van der Waals surface area contributed by atoms with Crippen LogP contribution in [-0.4, -0.2) is 16.8 Å². The number of hydrogen-bond donors (Lipinski definition) is 2. The zero-order valence-corrected chi connectivity index (χ0v) is 18.0. The van der Waals surface area contributed by atoms with Crippen LogP contribution in [0.1, 0.15) is 16.7 Å². The van der Waals surface area contributed by atoms with E-state index >= 15 is 0 Å². The molecule has 0 spiro atoms. The van der Waals surface area contributed by atoms with Crippen LogP contribution in [0.25, 0.3) is 0 Å². The van der Waals surface area contributed by atoms with Crippen LogP contribution in [0.4, 0.5) is 17.1 Å². The molecule has 0 aliphatic heterocycles. The van der Waals surface area contributed by atoms with Crippen LogP contribution < -0.4 is 4.74 Å². The summed E-state index contributed by atoms with van der Waals surface area (Å²) in [5.41, 5.74) is 4.76. The molecular formula is C22H21N3O5S. The van der Waals surface area contributed by atoms with Crippen LogP contribution in [0.3, 0.4) is 0 Å². The Labute approximate surface area is 183 Å². The number of benzene rings is 3. The van der Waals surface area contributed by atoms with Gasteiger partial charge in [-0.05, 0) is 92.1 Å². The number of phenolic OH excluding ortho intramolecular Hbond substituents is 1. The Morgan fingerprint density at radius 2 is 1.55 bits per heavy atom. The molecule has 0 saturated heterocycles. The smallest absolute Gasteiger partial charge is 0.181 e. The van der Waals surface area contributed by atoms with Crippen LogP contribution in [0.5, 0.6) is 11.5 Å². The second-order valence-electron chi connectivity index (χ2n) is 6.65. The Morgan fingerprint density at radius 1 is 0.839 bits per heavy atom. The maximum Gasteiger partial charge on any atom is 0.181 e. The Morgan fingerprint density at radius 3 is 2.26 bits per heavy atom. The van der Waals surface area contributed by atoms with E-state index in [2.05, 4.69) is 24.6 Å². The van der Waals surface area contributed by atoms with Crippen molar-refractivity contribution in [1.82, 2.24) is 0 Å². The lowest BCUT2D eigenvalue weighted by Crippen LogP contribution is -1.93. The molecule has 8 nitrogen and oxygen atoms in total. The van der Waals surface area contributed by atoms with E-state index in [4.69, 9.17) is 9.99 Å². The minimum Gasteiger partial charge on any atom is -0.508 e. The summed E-state index contributed by atoms with van der Waals surface area (Å²) in [7, 11) is 0. The van der Waals surface area contributed by atoms with Crippen molar-refractivity contribution in [3.8, 4) is 11.5 Å². The van der Waals surface area contributed by atoms with E-state index in [-0.39, 0.29) is 5.75 Å². The molecule has 0 unspecified atom stereocenters. The number of rotatable bonds is 8. The number of azo groups is 1. The average molecular weight is 439 g/mol. The predicted molar refractivity (Wildman–Crippen MR) is 119 cm³/mol. The molecule has 2 N–H and O–H groups in total. The van der Waals surface area contributed by atoms with Crippen molar-refractivity contribution in [2.24, 2.45) is 15.2 Å². The average Bonchev–Trinajstić information content (AvgIpc) is 2.75. The molecule has 0 aliphatic rings. The normalized spacial score (nSPS) is 11.5. The number of hydrogen-bond acceptors (Lipinski definition) is 9. The fraction of sp³-hybridized carbons (Fsp3) is 0.136. The molecule has 31 heavy (non-hydrogen) atoms. The van der Waals surface area contributed by atoms with Crippen molar-refractivity contribution in [3.05, 3.63) is 71.3 Å². The molecule has 0 amide bonds. The van der Waals surface area contributed by atoms with Crippen LogP contribution in [0, 0.1) is 20.8 Å². The van der Waals surface area contributed by atoms with Crippen LogP contribution in [-0.2, 0) is 9.37 Å². The molecular weight excluding hydrogens is 418 g/mol. The molecule has 3 aromatic rings. The molecule has 0 aliphatic carbocycles. The minimum absolute atomic E-state index is 0.201. The number of aryl methyl sites for hydroxylation is 3. The Hall–Kier alpha value is -3.24. The minimum atomic E-state index is 0.201. The van der Waals surface area contributed by atoms with Crippen LogP contribution >= 0.6 is 12.0 Å². The van der Waals surface area contributed by atoms with Gasteiger partial charge in [-0.2, -0.15) is 10.2 Å². The molecule has 3 rings (SSSR count). The topological polar surface area (TPSA) is 105 Å². The number of nitrogens with zero attached hydrogens (tertiary/aromatic N) is 3. The molecule has 9 heteroatoms. The van der Waals surface area contributed by atoms with Crippen molar-refractivity contribution in [1.29, 1.82) is 0 Å². The first-order chi connectivity index (χ1) is 15.0. The second-order valence-corrected chi connectivity index (χ2v) is 7.42. The van der Waals surface area contributed by atoms with E-state index in [1.807, 2.05) is 32.9 Å². The third kappa shape index (κ3) is 6.37. The highest BCUT2D eigenvalue weighted by Gasteiger charge is 2.06. The van der Waals surface area contributed by atoms with Gasteiger partial charge in [0.15, 0.2) is 6.40 Å². The highest BCUT2D eigenvalue weighted by Crippen LogP contribution is 2.31. The standard InChI is InChI=1S/C22H21N3O5S/c1-14-10-18(26)6-9-20(14)24-25-21-11-16(3)22(12-15(21)2)28-13-23-17-4-7-19(8-5-17)31-30-29-27/h4-13,26-27H,1-3H3. The summed E-state index contributed by atoms with van der Waals surface area (Å²) in [6.45, 7) is 5.71. The third-order valence-corrected chi connectivity index (χ3v) is 4.91. The summed E-state index contributed by atoms with van der Waals surface area (Å²) in [6.07, 6.45) is 1.37. The first-order valence-electron chi connectivity index (χ1n) is 9.23. The third-order valence-electron chi connectivity index (χ3n) is 4.32. The molecule has 0 radical (unpaired) electrons. The van der Waals surface area contributed by atoms with Gasteiger partial charge in [0, 0.05) is 4.90 Å². The van der Waals surface area contributed by atoms with Crippen molar-refractivity contribution >= 4 is 35.5 Å². The molecule has 0 fully saturated rings. The number of aromatic hydroxyl groups is 1. The van der Waals surface area contributed by atoms with Crippen molar-refractivity contribution < 1.29 is 24.5 Å². The Balaban J connectivity index is 1.67. The van der Waals surface area contributed by atoms with E-state index in [0.717, 1.165) is 39.3 Å². The molecule has 0 heterocycles. The molecule has 0 bridgehead atoms. The van der Waals surface area contributed by atoms with Gasteiger partial charge in [0.1, 0.15) is 11.5 Å². The number of ether oxygens (including phenoxy) is 1. The van der Waals surface area contributed by atoms with Crippen LogP contribution in [0.15, 0.2) is 74.7 Å². The van der Waals surface area contributed by atoms with Gasteiger partial charge in [0.25, 0.3) is 0 Å². The predicted octanol–water partition coefficient (Wildman–Crippen LogP) is 6.90. The van der Waals surface area contributed by atoms with Gasteiger partial charge in [-0.1, -0.05) is 5.04 Å². The molecule has 0 saturated carbocycles. The van der Waals surface area contributed by atoms with E-state index in [1.165, 1.54) is 6.40 Å². The second kappa shape index (κ2) is 10.7. The summed E-state index contributed by atoms with van der Waals surface area (Å²) in [5, 5.41) is 29.9. The zero-order chi connectivity index (χ0) is 22.2. The van der Waals surface area contributed by atoms with Gasteiger partial charge in [-0.3, -0.25) is 0 Å². The summed E-state index contributed by atoms with van der Waals surface area (Å²) in [4.78, 5) is 5.01. The maximum atomic E-state index is 9.51. The Kier molecular flexibility index (Phi) is 7.74. The lowest BCUT2D eigenvalue weighted by Gasteiger charge is -2.08. The lowest BCUT2D eigenvalue weighted by molar-refractivity contribution is -0.432. The largest absolute Gasteiger partial charge is 0.508 e. The van der Waals surface area contributed by atoms with Gasteiger partial charge in [0.2, 0.25) is 0 Å². The van der Waals surface area contributed by atoms with Gasteiger partial charge in [-0.15, -0.1) is 4.33 Å². The van der Waals surface area contributed by atoms with Crippen molar-refractivity contribution in [2.45, 2.75) is 25.7 Å². The molecule has 3 aromatic carbocycles. The monoisotopic (exact) mass is 439 g/mol. The van der Waals surface area contributed by atoms with Gasteiger partial charge in [0.05, 0.1) is 29.1 Å². The lowest BCUT2D eigenvalue weighted by atomic mass is 10.1. The highest BCUT2D eigenvalue weighted by atomic mass is 32.2. The van der Waals surface area contributed by atoms with E-state index in [9.17, 15) is 5.11 Å². The van der Waals surface area contributed by atoms with E-state index < -0.39 is 0 Å². The first kappa shape index (κ1) is 22.4. The van der Waals surface area contributed by atoms with Gasteiger partial charge in [-0.25, -0.2) is 10.2 Å². The fourth-order valence-corrected chi connectivity index (χ4v) is 3.01. The summed E-state index contributed by atoms with van der Waals surface area (Å²) < 4.78 is 10.1. The SMILES string of the molecule is Cc1cc(O)ccc1N=Nc1cc(C)c(OC=Nc2ccc(SOOO)cc2)cc1C. The van der Waals surface area contributed by atoms with E-state index in [0.29, 0.717) is 17.1 Å². The summed E-state index contributed by atoms with van der Waals surface area (Å²) >= 11 is 0.875. The zero-order valence-electron chi connectivity index (χ0n) is 17.1. The first-order valence-corrected chi connectivity index (χ1v) is 9.97. The summed E-state index contributed by atoms with van der Waals surface area (Å²) in [6, 6.07) is 15.8.